The number of methoxy groups -OCH3 is 2. The summed E-state index contributed by atoms with van der Waals surface area (Å²) in [6, 6.07) is 57.6. The second kappa shape index (κ2) is 62.6. The molecular formula is C66H76Dy2N2O18. The Labute approximate surface area is 576 Å². The normalized spacial score (nSPS) is 9.25. The molecule has 0 aromatic heterocycles. The Morgan fingerprint density at radius 2 is 0.580 bits per heavy atom. The molecule has 0 spiro atoms. The van der Waals surface area contributed by atoms with Gasteiger partial charge < -0.3 is 81.0 Å². The van der Waals surface area contributed by atoms with Crippen molar-refractivity contribution in [1.82, 2.24) is 0 Å². The van der Waals surface area contributed by atoms with Crippen molar-refractivity contribution in [3.8, 4) is 34.5 Å². The zero-order valence-corrected chi connectivity index (χ0v) is 54.2. The third-order valence-electron chi connectivity index (χ3n) is 9.63. The summed E-state index contributed by atoms with van der Waals surface area (Å²) in [5.41, 5.74) is 3.48. The molecule has 0 atom stereocenters. The van der Waals surface area contributed by atoms with Gasteiger partial charge in [0.1, 0.15) is 11.5 Å². The van der Waals surface area contributed by atoms with Crippen molar-refractivity contribution in [2.45, 2.75) is 0 Å². The third-order valence-corrected chi connectivity index (χ3v) is 9.63. The Balaban J connectivity index is -0.000000234. The topological polar surface area (TPSA) is 378 Å². The maximum atomic E-state index is 11.8. The smallest absolute Gasteiger partial charge is 0.872 e. The molecule has 8 rings (SSSR count). The van der Waals surface area contributed by atoms with Crippen LogP contribution < -0.4 is 40.1 Å². The SMILES string of the molecule is CO.CO.CO.CO.CO.CO.CO.CO.COc1cccc(C=Nc2ccccc2[O-])c1[O-].COc1cccc(C=Nc2ccccc2[O-])c1[O-].O=C(/C=C(\[O-])c1ccccc1)c1ccccc1.O=C(/C=C(\[O-])c1ccccc1)c1ccccc1.[Dy+3].[Dy+3]. The van der Waals surface area contributed by atoms with E-state index in [1.807, 2.05) is 24.3 Å². The summed E-state index contributed by atoms with van der Waals surface area (Å²) >= 11 is 0. The number of hydrogen-bond acceptors (Lipinski definition) is 20. The van der Waals surface area contributed by atoms with Crippen molar-refractivity contribution in [2.24, 2.45) is 9.98 Å². The maximum absolute atomic E-state index is 11.8. The molecular weight excluding hydrogens is 1430 g/mol. The van der Waals surface area contributed by atoms with Gasteiger partial charge in [0, 0.05) is 80.4 Å². The molecule has 0 fully saturated rings. The van der Waals surface area contributed by atoms with Gasteiger partial charge in [-0.05, 0) is 58.7 Å². The average molecular weight is 1510 g/mol. The van der Waals surface area contributed by atoms with Gasteiger partial charge >= 0.3 is 76.3 Å². The number of allylic oxidation sites excluding steroid dienone is 2. The van der Waals surface area contributed by atoms with Crippen LogP contribution in [0.3, 0.4) is 0 Å². The summed E-state index contributed by atoms with van der Waals surface area (Å²) in [5.74, 6) is -1.38. The number of nitrogens with zero attached hydrogens (tertiary/aromatic N) is 2. The summed E-state index contributed by atoms with van der Waals surface area (Å²) in [6.45, 7) is 0. The number of ketones is 2. The van der Waals surface area contributed by atoms with E-state index in [2.05, 4.69) is 9.98 Å². The number of carbonyl (C=O) groups excluding carboxylic acids is 2. The zero-order valence-electron chi connectivity index (χ0n) is 50.1. The van der Waals surface area contributed by atoms with Crippen LogP contribution in [0, 0.1) is 76.3 Å². The Hall–Kier alpha value is -7.45. The fourth-order valence-electron chi connectivity index (χ4n) is 5.98. The molecule has 88 heavy (non-hydrogen) atoms. The Morgan fingerprint density at radius 3 is 0.830 bits per heavy atom. The van der Waals surface area contributed by atoms with Gasteiger partial charge in [0.05, 0.1) is 25.6 Å². The van der Waals surface area contributed by atoms with E-state index in [1.165, 1.54) is 38.8 Å². The van der Waals surface area contributed by atoms with Crippen LogP contribution in [-0.2, 0) is 0 Å². The van der Waals surface area contributed by atoms with Crippen molar-refractivity contribution in [2.75, 3.05) is 71.1 Å². The van der Waals surface area contributed by atoms with Crippen molar-refractivity contribution in [3.05, 3.63) is 252 Å². The van der Waals surface area contributed by atoms with Gasteiger partial charge in [-0.25, -0.2) is 0 Å². The van der Waals surface area contributed by atoms with E-state index in [1.54, 1.807) is 170 Å². The van der Waals surface area contributed by atoms with Crippen LogP contribution in [0.5, 0.6) is 34.5 Å². The number of aliphatic hydroxyl groups excluding tert-OH is 8. The Morgan fingerprint density at radius 1 is 0.341 bits per heavy atom. The molecule has 478 valence electrons. The van der Waals surface area contributed by atoms with Crippen molar-refractivity contribution < 1.29 is 167 Å². The van der Waals surface area contributed by atoms with Crippen LogP contribution in [-0.4, -0.2) is 136 Å². The standard InChI is InChI=1S/2C15H12O2.2C14H13NO3.8CH4O.2Dy/c2*16-14(12-7-3-1-4-8-12)11-15(17)13-9-5-2-6-10-13;2*1-18-13-8-4-5-10(14(13)17)9-15-11-6-2-3-7-12(11)16;8*1-2;;/h2*1-11,16H;2*2-9,16-17H,1H3;8*2H,1H3;;/q;;;;;;;;;;;;2*+3/p-6/b2*14-11-;;;;;;;;;;;;. The van der Waals surface area contributed by atoms with E-state index in [0.29, 0.717) is 44.8 Å². The predicted octanol–water partition coefficient (Wildman–Crippen LogP) is 4.60. The van der Waals surface area contributed by atoms with E-state index in [9.17, 15) is 40.2 Å². The van der Waals surface area contributed by atoms with Gasteiger partial charge in [0.25, 0.3) is 0 Å². The molecule has 20 nitrogen and oxygen atoms in total. The van der Waals surface area contributed by atoms with E-state index in [-0.39, 0.29) is 134 Å². The van der Waals surface area contributed by atoms with Gasteiger partial charge in [-0.3, -0.25) is 19.6 Å². The van der Waals surface area contributed by atoms with Crippen LogP contribution in [0.1, 0.15) is 43.0 Å². The van der Waals surface area contributed by atoms with E-state index in [4.69, 9.17) is 50.3 Å². The maximum Gasteiger partial charge on any atom is 3.00 e. The molecule has 0 aliphatic carbocycles. The zero-order chi connectivity index (χ0) is 66.1. The molecule has 8 N–H and O–H groups in total. The molecule has 0 amide bonds. The van der Waals surface area contributed by atoms with Gasteiger partial charge in [0.2, 0.25) is 0 Å². The van der Waals surface area contributed by atoms with E-state index < -0.39 is 0 Å². The minimum Gasteiger partial charge on any atom is -0.872 e. The number of ether oxygens (including phenoxy) is 2. The van der Waals surface area contributed by atoms with Gasteiger partial charge in [-0.1, -0.05) is 217 Å². The summed E-state index contributed by atoms with van der Waals surface area (Å²) < 4.78 is 9.85. The first-order valence-electron chi connectivity index (χ1n) is 24.9. The molecule has 8 aromatic rings. The van der Waals surface area contributed by atoms with Gasteiger partial charge in [-0.2, -0.15) is 0 Å². The molecule has 22 heteroatoms. The van der Waals surface area contributed by atoms with Crippen LogP contribution in [0.25, 0.3) is 11.5 Å². The van der Waals surface area contributed by atoms with Crippen LogP contribution in [0.15, 0.2) is 228 Å². The molecule has 8 aromatic carbocycles. The number of hydrogen-bond donors (Lipinski definition) is 8. The Kier molecular flexibility index (Phi) is 65.2. The molecule has 0 heterocycles. The number of benzene rings is 8. The molecule has 0 saturated carbocycles. The fourth-order valence-corrected chi connectivity index (χ4v) is 5.98. The third kappa shape index (κ3) is 37.3. The minimum atomic E-state index is -0.264. The monoisotopic (exact) mass is 1510 g/mol. The van der Waals surface area contributed by atoms with Crippen molar-refractivity contribution in [1.29, 1.82) is 0 Å². The number of carbonyl (C=O) groups is 2. The van der Waals surface area contributed by atoms with Crippen LogP contribution in [0.4, 0.5) is 11.4 Å². The van der Waals surface area contributed by atoms with E-state index in [0.717, 1.165) is 69.0 Å². The van der Waals surface area contributed by atoms with Gasteiger partial charge in [-0.15, -0.1) is 0 Å². The average Bonchev–Trinajstić information content (AvgIpc) is 3.74. The van der Waals surface area contributed by atoms with Crippen molar-refractivity contribution >= 4 is 46.9 Å². The fraction of sp³-hybridized carbons (Fsp3) is 0.152. The number of para-hydroxylation sites is 6. The van der Waals surface area contributed by atoms with E-state index >= 15 is 0 Å². The molecule has 0 aliphatic heterocycles. The number of aliphatic hydroxyl groups is 8. The predicted molar refractivity (Wildman–Crippen MR) is 327 cm³/mol. The number of aliphatic imine (C=N–C) groups is 2. The Bertz CT molecular complexity index is 2880. The summed E-state index contributed by atoms with van der Waals surface area (Å²) in [6.07, 6.45) is 5.01. The van der Waals surface area contributed by atoms with Crippen LogP contribution >= 0.6 is 0 Å². The first kappa shape index (κ1) is 91.7. The molecule has 2 radical (unpaired) electrons. The summed E-state index contributed by atoms with van der Waals surface area (Å²) in [5, 5.41) is 126. The summed E-state index contributed by atoms with van der Waals surface area (Å²) in [4.78, 5) is 31.5. The first-order chi connectivity index (χ1) is 42.0. The number of rotatable bonds is 12. The van der Waals surface area contributed by atoms with Crippen LogP contribution in [0.2, 0.25) is 0 Å². The molecule has 0 aliphatic rings. The van der Waals surface area contributed by atoms with Crippen molar-refractivity contribution in [3.63, 3.8) is 0 Å². The summed E-state index contributed by atoms with van der Waals surface area (Å²) in [7, 11) is 10.9. The largest absolute Gasteiger partial charge is 3.00 e. The second-order valence-electron chi connectivity index (χ2n) is 14.4. The molecule has 0 unspecified atom stereocenters. The second-order valence-corrected chi connectivity index (χ2v) is 14.4. The minimum absolute atomic E-state index is 0. The molecule has 0 saturated heterocycles. The molecule has 0 bridgehead atoms. The first-order valence-corrected chi connectivity index (χ1v) is 24.9. The quantitative estimate of drug-likeness (QED) is 0.0359. The van der Waals surface area contributed by atoms with Gasteiger partial charge in [0.15, 0.2) is 11.6 Å².